The zero-order valence-electron chi connectivity index (χ0n) is 19.4. The minimum absolute atomic E-state index is 0.0187. The van der Waals surface area contributed by atoms with Gasteiger partial charge < -0.3 is 14.3 Å². The molecule has 0 saturated carbocycles. The third-order valence-electron chi connectivity index (χ3n) is 6.73. The summed E-state index contributed by atoms with van der Waals surface area (Å²) in [5, 5.41) is 4.13. The van der Waals surface area contributed by atoms with Crippen molar-refractivity contribution in [3.05, 3.63) is 71.6 Å². The van der Waals surface area contributed by atoms with Gasteiger partial charge in [-0.05, 0) is 31.0 Å². The molecule has 0 radical (unpaired) electrons. The number of rotatable bonds is 6. The van der Waals surface area contributed by atoms with Gasteiger partial charge in [-0.3, -0.25) is 14.5 Å². The van der Waals surface area contributed by atoms with Gasteiger partial charge in [0.2, 0.25) is 17.6 Å². The molecule has 1 aromatic heterocycles. The Bertz CT molecular complexity index is 1140. The predicted octanol–water partition coefficient (Wildman–Crippen LogP) is 3.38. The van der Waals surface area contributed by atoms with Gasteiger partial charge in [0.05, 0.1) is 6.04 Å². The van der Waals surface area contributed by atoms with Gasteiger partial charge in [-0.2, -0.15) is 4.98 Å². The summed E-state index contributed by atoms with van der Waals surface area (Å²) in [7, 11) is 0. The third kappa shape index (κ3) is 4.72. The van der Waals surface area contributed by atoms with Crippen molar-refractivity contribution in [3.8, 4) is 11.4 Å². The molecule has 5 rings (SSSR count). The first kappa shape index (κ1) is 22.3. The summed E-state index contributed by atoms with van der Waals surface area (Å²) in [5.41, 5.74) is 2.67. The molecule has 2 aliphatic rings. The normalized spacial score (nSPS) is 17.9. The third-order valence-corrected chi connectivity index (χ3v) is 6.73. The predicted molar refractivity (Wildman–Crippen MR) is 127 cm³/mol. The lowest BCUT2D eigenvalue weighted by Crippen LogP contribution is -2.49. The van der Waals surface area contributed by atoms with Gasteiger partial charge in [0.25, 0.3) is 5.91 Å². The second-order valence-electron chi connectivity index (χ2n) is 8.94. The number of carbonyl (C=O) groups excluding carboxylic acids is 2. The minimum atomic E-state index is -0.0187. The van der Waals surface area contributed by atoms with Crippen LogP contribution in [0.2, 0.25) is 0 Å². The number of hydrogen-bond acceptors (Lipinski definition) is 6. The van der Waals surface area contributed by atoms with Crippen molar-refractivity contribution in [3.63, 3.8) is 0 Å². The first-order valence-electron chi connectivity index (χ1n) is 11.9. The SMILES string of the molecule is CC(c1nc(-c2ccccc2)no1)N1CCN(C(=O)c2ccc(CN3CCCC3=O)cc2)CC1. The fourth-order valence-electron chi connectivity index (χ4n) is 4.60. The van der Waals surface area contributed by atoms with Crippen molar-refractivity contribution in [1.82, 2.24) is 24.8 Å². The maximum Gasteiger partial charge on any atom is 0.253 e. The monoisotopic (exact) mass is 459 g/mol. The first-order chi connectivity index (χ1) is 16.6. The van der Waals surface area contributed by atoms with Crippen LogP contribution in [0, 0.1) is 0 Å². The molecular weight excluding hydrogens is 430 g/mol. The van der Waals surface area contributed by atoms with E-state index in [9.17, 15) is 9.59 Å². The largest absolute Gasteiger partial charge is 0.338 e. The van der Waals surface area contributed by atoms with Crippen LogP contribution in [0.4, 0.5) is 0 Å². The summed E-state index contributed by atoms with van der Waals surface area (Å²) in [4.78, 5) is 35.5. The zero-order chi connectivity index (χ0) is 23.5. The Morgan fingerprint density at radius 1 is 1.00 bits per heavy atom. The molecule has 0 aliphatic carbocycles. The van der Waals surface area contributed by atoms with Crippen molar-refractivity contribution in [2.45, 2.75) is 32.4 Å². The lowest BCUT2D eigenvalue weighted by atomic mass is 10.1. The molecule has 2 fully saturated rings. The van der Waals surface area contributed by atoms with E-state index in [1.807, 2.05) is 64.4 Å². The molecule has 3 heterocycles. The highest BCUT2D eigenvalue weighted by atomic mass is 16.5. The topological polar surface area (TPSA) is 82.8 Å². The van der Waals surface area contributed by atoms with Crippen molar-refractivity contribution >= 4 is 11.8 Å². The number of nitrogens with zero attached hydrogens (tertiary/aromatic N) is 5. The molecule has 3 aromatic rings. The van der Waals surface area contributed by atoms with Crippen molar-refractivity contribution in [2.75, 3.05) is 32.7 Å². The standard InChI is InChI=1S/C26H29N5O3/c1-19(25-27-24(28-34-25)21-6-3-2-4-7-21)29-14-16-30(17-15-29)26(33)22-11-9-20(10-12-22)18-31-13-5-8-23(31)32/h2-4,6-7,9-12,19H,5,8,13-18H2,1H3. The van der Waals surface area contributed by atoms with E-state index in [0.29, 0.717) is 43.3 Å². The average Bonchev–Trinajstić information content (AvgIpc) is 3.54. The lowest BCUT2D eigenvalue weighted by Gasteiger charge is -2.36. The maximum absolute atomic E-state index is 13.0. The quantitative estimate of drug-likeness (QED) is 0.562. The van der Waals surface area contributed by atoms with Gasteiger partial charge in [0, 0.05) is 56.8 Å². The molecule has 0 spiro atoms. The summed E-state index contributed by atoms with van der Waals surface area (Å²) in [5.74, 6) is 1.43. The molecule has 1 unspecified atom stereocenters. The molecule has 2 saturated heterocycles. The summed E-state index contributed by atoms with van der Waals surface area (Å²) < 4.78 is 5.54. The zero-order valence-corrected chi connectivity index (χ0v) is 19.4. The number of hydrogen-bond donors (Lipinski definition) is 0. The highest BCUT2D eigenvalue weighted by Crippen LogP contribution is 2.24. The Kier molecular flexibility index (Phi) is 6.40. The van der Waals surface area contributed by atoms with E-state index in [-0.39, 0.29) is 17.9 Å². The lowest BCUT2D eigenvalue weighted by molar-refractivity contribution is -0.128. The van der Waals surface area contributed by atoms with Crippen LogP contribution in [0.15, 0.2) is 59.1 Å². The van der Waals surface area contributed by atoms with E-state index in [2.05, 4.69) is 22.0 Å². The molecule has 2 aromatic carbocycles. The highest BCUT2D eigenvalue weighted by molar-refractivity contribution is 5.94. The summed E-state index contributed by atoms with van der Waals surface area (Å²) in [6, 6.07) is 17.4. The van der Waals surface area contributed by atoms with Gasteiger partial charge >= 0.3 is 0 Å². The number of carbonyl (C=O) groups is 2. The first-order valence-corrected chi connectivity index (χ1v) is 11.9. The van der Waals surface area contributed by atoms with Crippen LogP contribution in [0.5, 0.6) is 0 Å². The number of amides is 2. The summed E-state index contributed by atoms with van der Waals surface area (Å²) in [6.07, 6.45) is 1.57. The summed E-state index contributed by atoms with van der Waals surface area (Å²) in [6.45, 7) is 6.27. The number of benzene rings is 2. The van der Waals surface area contributed by atoms with Crippen molar-refractivity contribution in [2.24, 2.45) is 0 Å². The van der Waals surface area contributed by atoms with E-state index in [0.717, 1.165) is 37.2 Å². The van der Waals surface area contributed by atoms with Crippen LogP contribution < -0.4 is 0 Å². The maximum atomic E-state index is 13.0. The number of aromatic nitrogens is 2. The average molecular weight is 460 g/mol. The molecule has 2 aliphatic heterocycles. The molecule has 8 nitrogen and oxygen atoms in total. The van der Waals surface area contributed by atoms with Gasteiger partial charge in [0.15, 0.2) is 0 Å². The molecule has 2 amide bonds. The van der Waals surface area contributed by atoms with Crippen LogP contribution >= 0.6 is 0 Å². The van der Waals surface area contributed by atoms with Crippen LogP contribution in [0.25, 0.3) is 11.4 Å². The van der Waals surface area contributed by atoms with Gasteiger partial charge in [-0.15, -0.1) is 0 Å². The molecule has 8 heteroatoms. The van der Waals surface area contributed by atoms with Gasteiger partial charge in [0.1, 0.15) is 0 Å². The smallest absolute Gasteiger partial charge is 0.253 e. The van der Waals surface area contributed by atoms with Crippen LogP contribution in [-0.4, -0.2) is 69.4 Å². The fourth-order valence-corrected chi connectivity index (χ4v) is 4.60. The fraction of sp³-hybridized carbons (Fsp3) is 0.385. The molecule has 34 heavy (non-hydrogen) atoms. The Morgan fingerprint density at radius 2 is 1.74 bits per heavy atom. The second-order valence-corrected chi connectivity index (χ2v) is 8.94. The number of piperazine rings is 1. The van der Waals surface area contributed by atoms with Crippen LogP contribution in [0.1, 0.15) is 47.6 Å². The second kappa shape index (κ2) is 9.77. The summed E-state index contributed by atoms with van der Waals surface area (Å²) >= 11 is 0. The number of likely N-dealkylation sites (tertiary alicyclic amines) is 1. The Morgan fingerprint density at radius 3 is 2.41 bits per heavy atom. The van der Waals surface area contributed by atoms with E-state index >= 15 is 0 Å². The molecule has 0 bridgehead atoms. The Labute approximate surface area is 199 Å². The van der Waals surface area contributed by atoms with Gasteiger partial charge in [-0.25, -0.2) is 0 Å². The van der Waals surface area contributed by atoms with Gasteiger partial charge in [-0.1, -0.05) is 47.6 Å². The molecule has 0 N–H and O–H groups in total. The van der Waals surface area contributed by atoms with Crippen molar-refractivity contribution in [1.29, 1.82) is 0 Å². The minimum Gasteiger partial charge on any atom is -0.338 e. The van der Waals surface area contributed by atoms with E-state index < -0.39 is 0 Å². The van der Waals surface area contributed by atoms with Crippen LogP contribution in [0.3, 0.4) is 0 Å². The van der Waals surface area contributed by atoms with Crippen LogP contribution in [-0.2, 0) is 11.3 Å². The van der Waals surface area contributed by atoms with Crippen molar-refractivity contribution < 1.29 is 14.1 Å². The molecular formula is C26H29N5O3. The molecule has 1 atom stereocenters. The highest BCUT2D eigenvalue weighted by Gasteiger charge is 2.28. The molecule has 176 valence electrons. The van der Waals surface area contributed by atoms with E-state index in [4.69, 9.17) is 4.52 Å². The van der Waals surface area contributed by atoms with E-state index in [1.165, 1.54) is 0 Å². The Balaban J connectivity index is 1.15. The van der Waals surface area contributed by atoms with E-state index in [1.54, 1.807) is 0 Å². The Hall–Kier alpha value is -3.52.